The highest BCUT2D eigenvalue weighted by Crippen LogP contribution is 2.67. The molecule has 0 aliphatic heterocycles. The molecule has 0 aromatic rings. The Morgan fingerprint density at radius 1 is 1.00 bits per heavy atom. The third-order valence-corrected chi connectivity index (χ3v) is 10.5. The molecule has 2 unspecified atom stereocenters. The number of carbonyl (C=O) groups excluding carboxylic acids is 1. The van der Waals surface area contributed by atoms with Gasteiger partial charge in [-0.25, -0.2) is 0 Å². The number of rotatable bonds is 5. The summed E-state index contributed by atoms with van der Waals surface area (Å²) in [6, 6.07) is 0. The maximum absolute atomic E-state index is 13.7. The first-order valence-corrected chi connectivity index (χ1v) is 12.9. The third-order valence-electron chi connectivity index (χ3n) is 10.5. The largest absolute Gasteiger partial charge is 0.393 e. The number of aliphatic hydroxyl groups is 1. The molecular formula is C27H46O2. The van der Waals surface area contributed by atoms with Crippen LogP contribution in [0.2, 0.25) is 0 Å². The van der Waals surface area contributed by atoms with Crippen molar-refractivity contribution in [2.24, 2.45) is 52.3 Å². The molecule has 4 saturated carbocycles. The predicted molar refractivity (Wildman–Crippen MR) is 119 cm³/mol. The molecule has 0 spiro atoms. The summed E-state index contributed by atoms with van der Waals surface area (Å²) in [7, 11) is 0. The van der Waals surface area contributed by atoms with Crippen LogP contribution >= 0.6 is 0 Å². The van der Waals surface area contributed by atoms with Gasteiger partial charge in [0.25, 0.3) is 0 Å². The minimum Gasteiger partial charge on any atom is -0.393 e. The van der Waals surface area contributed by atoms with E-state index >= 15 is 0 Å². The lowest BCUT2D eigenvalue weighted by atomic mass is 9.44. The maximum atomic E-state index is 13.7. The van der Waals surface area contributed by atoms with Crippen molar-refractivity contribution in [1.82, 2.24) is 0 Å². The van der Waals surface area contributed by atoms with E-state index in [1.807, 2.05) is 0 Å². The van der Waals surface area contributed by atoms with Crippen LogP contribution in [0.15, 0.2) is 0 Å². The molecule has 2 nitrogen and oxygen atoms in total. The minimum atomic E-state index is -0.129. The molecular weight excluding hydrogens is 356 g/mol. The van der Waals surface area contributed by atoms with Crippen molar-refractivity contribution >= 4 is 5.78 Å². The molecule has 0 aromatic heterocycles. The summed E-state index contributed by atoms with van der Waals surface area (Å²) < 4.78 is 0. The Hall–Kier alpha value is -0.370. The van der Waals surface area contributed by atoms with Crippen LogP contribution in [0.1, 0.15) is 105 Å². The predicted octanol–water partition coefficient (Wildman–Crippen LogP) is 6.65. The van der Waals surface area contributed by atoms with Crippen molar-refractivity contribution in [3.63, 3.8) is 0 Å². The van der Waals surface area contributed by atoms with Gasteiger partial charge < -0.3 is 5.11 Å². The van der Waals surface area contributed by atoms with Gasteiger partial charge in [-0.15, -0.1) is 0 Å². The van der Waals surface area contributed by atoms with Crippen molar-refractivity contribution in [3.8, 4) is 0 Å². The van der Waals surface area contributed by atoms with E-state index in [9.17, 15) is 9.90 Å². The first kappa shape index (κ1) is 21.8. The van der Waals surface area contributed by atoms with Crippen molar-refractivity contribution in [3.05, 3.63) is 0 Å². The van der Waals surface area contributed by atoms with Crippen LogP contribution in [0.25, 0.3) is 0 Å². The zero-order chi connectivity index (χ0) is 21.0. The molecule has 29 heavy (non-hydrogen) atoms. The van der Waals surface area contributed by atoms with E-state index in [1.54, 1.807) is 0 Å². The molecule has 4 rings (SSSR count). The van der Waals surface area contributed by atoms with Crippen molar-refractivity contribution < 1.29 is 9.90 Å². The summed E-state index contributed by atoms with van der Waals surface area (Å²) in [5, 5.41) is 10.2. The van der Waals surface area contributed by atoms with Gasteiger partial charge in [0.2, 0.25) is 0 Å². The van der Waals surface area contributed by atoms with Gasteiger partial charge in [-0.2, -0.15) is 0 Å². The number of ketones is 1. The Morgan fingerprint density at radius 2 is 1.76 bits per heavy atom. The van der Waals surface area contributed by atoms with Crippen LogP contribution < -0.4 is 0 Å². The lowest BCUT2D eigenvalue weighted by molar-refractivity contribution is -0.162. The normalized spacial score (nSPS) is 48.2. The highest BCUT2D eigenvalue weighted by Gasteiger charge is 2.63. The number of Topliss-reactive ketones (excluding diaryl/α,β-unsaturated/α-hetero) is 1. The van der Waals surface area contributed by atoms with E-state index < -0.39 is 0 Å². The molecule has 0 saturated heterocycles. The van der Waals surface area contributed by atoms with Gasteiger partial charge >= 0.3 is 0 Å². The summed E-state index contributed by atoms with van der Waals surface area (Å²) >= 11 is 0. The van der Waals surface area contributed by atoms with Crippen molar-refractivity contribution in [1.29, 1.82) is 0 Å². The molecule has 0 aromatic carbocycles. The number of fused-ring (bicyclic) bond motifs is 5. The number of aliphatic hydroxyl groups excluding tert-OH is 1. The lowest BCUT2D eigenvalue weighted by Gasteiger charge is -2.60. The van der Waals surface area contributed by atoms with E-state index in [-0.39, 0.29) is 22.9 Å². The van der Waals surface area contributed by atoms with Gasteiger partial charge in [0.15, 0.2) is 0 Å². The van der Waals surface area contributed by atoms with Crippen molar-refractivity contribution in [2.45, 2.75) is 111 Å². The highest BCUT2D eigenvalue weighted by molar-refractivity contribution is 5.84. The lowest BCUT2D eigenvalue weighted by Crippen LogP contribution is -2.57. The van der Waals surface area contributed by atoms with Crippen LogP contribution in [0.4, 0.5) is 0 Å². The summed E-state index contributed by atoms with van der Waals surface area (Å²) in [5.74, 6) is 5.11. The van der Waals surface area contributed by atoms with E-state index in [0.29, 0.717) is 17.6 Å². The molecule has 0 amide bonds. The zero-order valence-electron chi connectivity index (χ0n) is 19.8. The molecule has 0 bridgehead atoms. The van der Waals surface area contributed by atoms with Gasteiger partial charge in [-0.1, -0.05) is 53.9 Å². The maximum Gasteiger partial charge on any atom is 0.137 e. The molecule has 1 N–H and O–H groups in total. The minimum absolute atomic E-state index is 0.129. The zero-order valence-corrected chi connectivity index (χ0v) is 19.8. The molecule has 0 radical (unpaired) electrons. The monoisotopic (exact) mass is 402 g/mol. The van der Waals surface area contributed by atoms with Crippen LogP contribution in [-0.4, -0.2) is 17.0 Å². The molecule has 9 atom stereocenters. The SMILES string of the molecule is CC(C)CCC[C@@H](C)[C@H]1CC[C@H]2[C@@H]3CCC4CC(O)CC[C@]4(C)[C@H]3C(=O)C[C@]12C. The quantitative estimate of drug-likeness (QED) is 0.559. The van der Waals surface area contributed by atoms with Gasteiger partial charge in [0, 0.05) is 12.3 Å². The fourth-order valence-electron chi connectivity index (χ4n) is 9.07. The fraction of sp³-hybridized carbons (Fsp3) is 0.963. The van der Waals surface area contributed by atoms with E-state index in [4.69, 9.17) is 0 Å². The Morgan fingerprint density at radius 3 is 2.48 bits per heavy atom. The molecule has 0 heterocycles. The van der Waals surface area contributed by atoms with Crippen LogP contribution in [-0.2, 0) is 4.79 Å². The Bertz CT molecular complexity index is 612. The molecule has 166 valence electrons. The van der Waals surface area contributed by atoms with E-state index in [1.165, 1.54) is 44.9 Å². The second-order valence-corrected chi connectivity index (χ2v) is 12.6. The molecule has 4 aliphatic carbocycles. The number of hydrogen-bond donors (Lipinski definition) is 1. The first-order chi connectivity index (χ1) is 13.7. The Balaban J connectivity index is 1.52. The number of hydrogen-bond acceptors (Lipinski definition) is 2. The third kappa shape index (κ3) is 3.64. The van der Waals surface area contributed by atoms with Gasteiger partial charge in [0.05, 0.1) is 6.10 Å². The van der Waals surface area contributed by atoms with Gasteiger partial charge in [0.1, 0.15) is 5.78 Å². The first-order valence-electron chi connectivity index (χ1n) is 12.9. The highest BCUT2D eigenvalue weighted by atomic mass is 16.3. The van der Waals surface area contributed by atoms with Gasteiger partial charge in [-0.3, -0.25) is 4.79 Å². The fourth-order valence-corrected chi connectivity index (χ4v) is 9.07. The smallest absolute Gasteiger partial charge is 0.137 e. The topological polar surface area (TPSA) is 37.3 Å². The standard InChI is InChI=1S/C27H46O2/c1-17(2)7-6-8-18(3)22-11-12-23-21-10-9-19-15-20(28)13-14-26(19,4)25(21)24(29)16-27(22,23)5/h17-23,25,28H,6-16H2,1-5H3/t18-,19?,20?,21+,22-,23+,25-,26+,27-/m1/s1. The molecule has 4 aliphatic rings. The summed E-state index contributed by atoms with van der Waals surface area (Å²) in [6.07, 6.45) is 12.8. The average molecular weight is 403 g/mol. The summed E-state index contributed by atoms with van der Waals surface area (Å²) in [4.78, 5) is 13.7. The van der Waals surface area contributed by atoms with Crippen LogP contribution in [0.3, 0.4) is 0 Å². The van der Waals surface area contributed by atoms with Crippen molar-refractivity contribution in [2.75, 3.05) is 0 Å². The van der Waals surface area contributed by atoms with E-state index in [2.05, 4.69) is 34.6 Å². The van der Waals surface area contributed by atoms with Gasteiger partial charge in [-0.05, 0) is 91.3 Å². The van der Waals surface area contributed by atoms with Crippen LogP contribution in [0, 0.1) is 52.3 Å². The molecule has 2 heteroatoms. The van der Waals surface area contributed by atoms with E-state index in [0.717, 1.165) is 49.4 Å². The van der Waals surface area contributed by atoms with Crippen LogP contribution in [0.5, 0.6) is 0 Å². The second-order valence-electron chi connectivity index (χ2n) is 12.6. The Labute approximate surface area is 179 Å². The summed E-state index contributed by atoms with van der Waals surface area (Å²) in [5.41, 5.74) is 0.397. The Kier molecular flexibility index (Phi) is 5.99. The molecule has 4 fully saturated rings. The summed E-state index contributed by atoms with van der Waals surface area (Å²) in [6.45, 7) is 12.1. The average Bonchev–Trinajstić information content (AvgIpc) is 2.98. The number of carbonyl (C=O) groups is 1. The second kappa shape index (κ2) is 7.95.